The van der Waals surface area contributed by atoms with E-state index in [-0.39, 0.29) is 40.9 Å². The first-order valence-corrected chi connectivity index (χ1v) is 8.27. The standard InChI is InChI=1S/C19H13F2N5O2/c20-13-7-4-8-14(21)17(13)18-12(10-22-25-18)19-24-15(26-28-19)9-16(27)23-11-5-2-1-3-6-11/h1-8,10H,9H2,(H,22,25)(H,23,27). The summed E-state index contributed by atoms with van der Waals surface area (Å²) in [5, 5.41) is 12.8. The number of aromatic amines is 1. The average molecular weight is 381 g/mol. The summed E-state index contributed by atoms with van der Waals surface area (Å²) in [5.41, 5.74) is 0.658. The Labute approximate surface area is 157 Å². The summed E-state index contributed by atoms with van der Waals surface area (Å²) in [5.74, 6) is -1.72. The molecule has 0 unspecified atom stereocenters. The van der Waals surface area contributed by atoms with Crippen molar-refractivity contribution >= 4 is 11.6 Å². The highest BCUT2D eigenvalue weighted by Crippen LogP contribution is 2.32. The van der Waals surface area contributed by atoms with Crippen LogP contribution in [0.4, 0.5) is 14.5 Å². The zero-order valence-electron chi connectivity index (χ0n) is 14.3. The van der Waals surface area contributed by atoms with Gasteiger partial charge in [-0.25, -0.2) is 8.78 Å². The number of carbonyl (C=O) groups excluding carboxylic acids is 1. The molecule has 0 aliphatic heterocycles. The van der Waals surface area contributed by atoms with Crippen molar-refractivity contribution in [1.29, 1.82) is 0 Å². The molecule has 0 bridgehead atoms. The molecule has 0 atom stereocenters. The molecule has 0 aliphatic rings. The Balaban J connectivity index is 1.56. The van der Waals surface area contributed by atoms with Crippen molar-refractivity contribution in [3.63, 3.8) is 0 Å². The number of aromatic nitrogens is 4. The van der Waals surface area contributed by atoms with Crippen LogP contribution in [0.3, 0.4) is 0 Å². The molecule has 0 fully saturated rings. The lowest BCUT2D eigenvalue weighted by Crippen LogP contribution is -2.15. The molecule has 2 aromatic carbocycles. The molecule has 4 aromatic rings. The zero-order valence-corrected chi connectivity index (χ0v) is 14.3. The van der Waals surface area contributed by atoms with Crippen LogP contribution >= 0.6 is 0 Å². The molecule has 2 N–H and O–H groups in total. The Bertz CT molecular complexity index is 1100. The van der Waals surface area contributed by atoms with E-state index in [0.717, 1.165) is 12.1 Å². The summed E-state index contributed by atoms with van der Waals surface area (Å²) in [6.07, 6.45) is 1.20. The van der Waals surface area contributed by atoms with E-state index in [4.69, 9.17) is 4.52 Å². The van der Waals surface area contributed by atoms with Crippen molar-refractivity contribution in [2.24, 2.45) is 0 Å². The highest BCUT2D eigenvalue weighted by Gasteiger charge is 2.22. The molecule has 0 aliphatic carbocycles. The molecule has 0 spiro atoms. The Kier molecular flexibility index (Phi) is 4.63. The van der Waals surface area contributed by atoms with Crippen molar-refractivity contribution in [2.75, 3.05) is 5.32 Å². The van der Waals surface area contributed by atoms with Gasteiger partial charge in [0.05, 0.1) is 29.4 Å². The van der Waals surface area contributed by atoms with Crippen LogP contribution in [0.1, 0.15) is 5.82 Å². The SMILES string of the molecule is O=C(Cc1noc(-c2cn[nH]c2-c2c(F)cccc2F)n1)Nc1ccccc1. The van der Waals surface area contributed by atoms with E-state index >= 15 is 0 Å². The minimum atomic E-state index is -0.757. The summed E-state index contributed by atoms with van der Waals surface area (Å²) in [6.45, 7) is 0. The average Bonchev–Trinajstić information content (AvgIpc) is 3.32. The van der Waals surface area contributed by atoms with Crippen molar-refractivity contribution in [1.82, 2.24) is 20.3 Å². The van der Waals surface area contributed by atoms with Gasteiger partial charge in [0.1, 0.15) is 11.6 Å². The molecule has 1 amide bonds. The largest absolute Gasteiger partial charge is 0.334 e. The van der Waals surface area contributed by atoms with Gasteiger partial charge in [0.15, 0.2) is 5.82 Å². The molecule has 0 saturated heterocycles. The first kappa shape index (κ1) is 17.5. The maximum absolute atomic E-state index is 14.1. The van der Waals surface area contributed by atoms with Gasteiger partial charge in [0.25, 0.3) is 5.89 Å². The van der Waals surface area contributed by atoms with E-state index in [1.807, 2.05) is 6.07 Å². The maximum atomic E-state index is 14.1. The lowest BCUT2D eigenvalue weighted by atomic mass is 10.1. The minimum absolute atomic E-state index is 0.00564. The molecule has 0 radical (unpaired) electrons. The Morgan fingerprint density at radius 3 is 2.57 bits per heavy atom. The van der Waals surface area contributed by atoms with Gasteiger partial charge in [-0.05, 0) is 24.3 Å². The van der Waals surface area contributed by atoms with Gasteiger partial charge in [-0.3, -0.25) is 9.89 Å². The second-order valence-corrected chi connectivity index (χ2v) is 5.86. The van der Waals surface area contributed by atoms with E-state index in [0.29, 0.717) is 5.69 Å². The van der Waals surface area contributed by atoms with E-state index in [1.165, 1.54) is 12.3 Å². The highest BCUT2D eigenvalue weighted by atomic mass is 19.1. The fraction of sp³-hybridized carbons (Fsp3) is 0.0526. The monoisotopic (exact) mass is 381 g/mol. The smallest absolute Gasteiger partial charge is 0.261 e. The third kappa shape index (κ3) is 3.50. The van der Waals surface area contributed by atoms with Crippen molar-refractivity contribution in [3.8, 4) is 22.7 Å². The van der Waals surface area contributed by atoms with Crippen molar-refractivity contribution in [3.05, 3.63) is 72.2 Å². The van der Waals surface area contributed by atoms with Crippen LogP contribution in [-0.2, 0) is 11.2 Å². The van der Waals surface area contributed by atoms with Crippen LogP contribution in [0.5, 0.6) is 0 Å². The summed E-state index contributed by atoms with van der Waals surface area (Å²) in [6, 6.07) is 12.5. The maximum Gasteiger partial charge on any atom is 0.261 e. The number of nitrogens with one attached hydrogen (secondary N) is 2. The van der Waals surface area contributed by atoms with Crippen LogP contribution in [0.15, 0.2) is 59.3 Å². The summed E-state index contributed by atoms with van der Waals surface area (Å²) in [4.78, 5) is 16.2. The quantitative estimate of drug-likeness (QED) is 0.551. The number of hydrogen-bond acceptors (Lipinski definition) is 5. The predicted octanol–water partition coefficient (Wildman–Crippen LogP) is 3.59. The number of H-pyrrole nitrogens is 1. The van der Waals surface area contributed by atoms with Crippen LogP contribution in [0.2, 0.25) is 0 Å². The van der Waals surface area contributed by atoms with Gasteiger partial charge in [-0.2, -0.15) is 10.1 Å². The molecule has 9 heteroatoms. The molecule has 2 aromatic heterocycles. The summed E-state index contributed by atoms with van der Waals surface area (Å²) < 4.78 is 33.3. The van der Waals surface area contributed by atoms with E-state index in [2.05, 4.69) is 25.7 Å². The van der Waals surface area contributed by atoms with Gasteiger partial charge in [-0.1, -0.05) is 29.4 Å². The predicted molar refractivity (Wildman–Crippen MR) is 96.0 cm³/mol. The number of nitrogens with zero attached hydrogens (tertiary/aromatic N) is 3. The van der Waals surface area contributed by atoms with Crippen molar-refractivity contribution in [2.45, 2.75) is 6.42 Å². The number of rotatable bonds is 5. The normalized spacial score (nSPS) is 10.8. The molecule has 7 nitrogen and oxygen atoms in total. The number of amides is 1. The Morgan fingerprint density at radius 1 is 1.07 bits per heavy atom. The third-order valence-electron chi connectivity index (χ3n) is 3.93. The number of hydrogen-bond donors (Lipinski definition) is 2. The van der Waals surface area contributed by atoms with Crippen LogP contribution in [-0.4, -0.2) is 26.2 Å². The molecule has 140 valence electrons. The summed E-state index contributed by atoms with van der Waals surface area (Å²) >= 11 is 0. The van der Waals surface area contributed by atoms with E-state index in [9.17, 15) is 13.6 Å². The van der Waals surface area contributed by atoms with Gasteiger partial charge in [0, 0.05) is 5.69 Å². The molecule has 28 heavy (non-hydrogen) atoms. The zero-order chi connectivity index (χ0) is 19.5. The van der Waals surface area contributed by atoms with E-state index < -0.39 is 11.6 Å². The topological polar surface area (TPSA) is 96.7 Å². The third-order valence-corrected chi connectivity index (χ3v) is 3.93. The first-order valence-electron chi connectivity index (χ1n) is 8.27. The molecular weight excluding hydrogens is 368 g/mol. The van der Waals surface area contributed by atoms with Crippen LogP contribution in [0.25, 0.3) is 22.7 Å². The van der Waals surface area contributed by atoms with Crippen LogP contribution in [0, 0.1) is 11.6 Å². The number of halogens is 2. The van der Waals surface area contributed by atoms with Gasteiger partial charge < -0.3 is 9.84 Å². The van der Waals surface area contributed by atoms with Gasteiger partial charge in [0.2, 0.25) is 5.91 Å². The second kappa shape index (κ2) is 7.39. The van der Waals surface area contributed by atoms with Gasteiger partial charge in [-0.15, -0.1) is 0 Å². The highest BCUT2D eigenvalue weighted by molar-refractivity contribution is 5.91. The van der Waals surface area contributed by atoms with E-state index in [1.54, 1.807) is 24.3 Å². The minimum Gasteiger partial charge on any atom is -0.334 e. The second-order valence-electron chi connectivity index (χ2n) is 5.86. The molecular formula is C19H13F2N5O2. The van der Waals surface area contributed by atoms with Gasteiger partial charge >= 0.3 is 0 Å². The number of benzene rings is 2. The Hall–Kier alpha value is -3.88. The first-order chi connectivity index (χ1) is 13.6. The fourth-order valence-electron chi connectivity index (χ4n) is 2.68. The van der Waals surface area contributed by atoms with Crippen molar-refractivity contribution < 1.29 is 18.1 Å². The molecule has 2 heterocycles. The molecule has 4 rings (SSSR count). The molecule has 0 saturated carbocycles. The Morgan fingerprint density at radius 2 is 1.82 bits per heavy atom. The lowest BCUT2D eigenvalue weighted by molar-refractivity contribution is -0.115. The number of anilines is 1. The summed E-state index contributed by atoms with van der Waals surface area (Å²) in [7, 11) is 0. The number of para-hydroxylation sites is 1. The lowest BCUT2D eigenvalue weighted by Gasteiger charge is -2.03. The number of carbonyl (C=O) groups is 1. The van der Waals surface area contributed by atoms with Crippen LogP contribution < -0.4 is 5.32 Å². The fourth-order valence-corrected chi connectivity index (χ4v) is 2.68.